The third kappa shape index (κ3) is 3.97. The monoisotopic (exact) mass is 318 g/mol. The average molecular weight is 318 g/mol. The summed E-state index contributed by atoms with van der Waals surface area (Å²) in [7, 11) is -2.95. The van der Waals surface area contributed by atoms with E-state index < -0.39 is 33.6 Å². The van der Waals surface area contributed by atoms with Crippen LogP contribution in [0.5, 0.6) is 0 Å². The van der Waals surface area contributed by atoms with Gasteiger partial charge in [-0.25, -0.2) is 17.9 Å². The van der Waals surface area contributed by atoms with Crippen molar-refractivity contribution in [2.24, 2.45) is 0 Å². The van der Waals surface area contributed by atoms with E-state index in [9.17, 15) is 23.3 Å². The first-order valence-electron chi connectivity index (χ1n) is 5.70. The largest absolute Gasteiger partial charge is 0.479 e. The summed E-state index contributed by atoms with van der Waals surface area (Å²) >= 11 is 0. The van der Waals surface area contributed by atoms with Crippen LogP contribution in [0.25, 0.3) is 0 Å². The quantitative estimate of drug-likeness (QED) is 0.544. The number of hydrogen-bond acceptors (Lipinski definition) is 6. The molecule has 21 heavy (non-hydrogen) atoms. The molecule has 1 unspecified atom stereocenters. The molecular formula is C11H14N2O7S. The van der Waals surface area contributed by atoms with Crippen LogP contribution >= 0.6 is 0 Å². The fourth-order valence-corrected chi connectivity index (χ4v) is 2.92. The summed E-state index contributed by atoms with van der Waals surface area (Å²) in [4.78, 5) is 20.6. The van der Waals surface area contributed by atoms with Crippen LogP contribution in [0.15, 0.2) is 23.1 Å². The fraction of sp³-hybridized carbons (Fsp3) is 0.364. The molecule has 1 rings (SSSR count). The molecule has 1 aromatic rings. The molecule has 0 aliphatic rings. The highest BCUT2D eigenvalue weighted by Gasteiger charge is 2.25. The van der Waals surface area contributed by atoms with Crippen LogP contribution in [0.3, 0.4) is 0 Å². The Bertz CT molecular complexity index is 657. The Morgan fingerprint density at radius 2 is 2.14 bits per heavy atom. The second-order valence-corrected chi connectivity index (χ2v) is 5.81. The van der Waals surface area contributed by atoms with Gasteiger partial charge in [0.15, 0.2) is 6.10 Å². The number of nitrogens with zero attached hydrogens (tertiary/aromatic N) is 1. The SMILES string of the molecule is COC(CNS(=O)(=O)c1cccc([N+](=O)[O-])c1C)C(=O)O. The number of sulfonamides is 1. The second-order valence-electron chi connectivity index (χ2n) is 4.07. The minimum absolute atomic E-state index is 0.0284. The first-order valence-corrected chi connectivity index (χ1v) is 7.18. The van der Waals surface area contributed by atoms with Crippen molar-refractivity contribution in [1.82, 2.24) is 4.72 Å². The van der Waals surface area contributed by atoms with Gasteiger partial charge in [0.05, 0.1) is 9.82 Å². The summed E-state index contributed by atoms with van der Waals surface area (Å²) in [5.41, 5.74) is -0.362. The molecule has 0 aliphatic carbocycles. The molecule has 0 amide bonds. The third-order valence-electron chi connectivity index (χ3n) is 2.76. The lowest BCUT2D eigenvalue weighted by Gasteiger charge is -2.13. The number of rotatable bonds is 7. The molecule has 1 atom stereocenters. The van der Waals surface area contributed by atoms with Crippen molar-refractivity contribution in [1.29, 1.82) is 0 Å². The lowest BCUT2D eigenvalue weighted by Crippen LogP contribution is -2.38. The Hall–Kier alpha value is -2.04. The molecule has 0 heterocycles. The maximum absolute atomic E-state index is 12.1. The number of carboxylic acid groups (broad SMARTS) is 1. The maximum atomic E-state index is 12.1. The van der Waals surface area contributed by atoms with Crippen molar-refractivity contribution in [3.8, 4) is 0 Å². The van der Waals surface area contributed by atoms with Gasteiger partial charge < -0.3 is 9.84 Å². The van der Waals surface area contributed by atoms with Crippen molar-refractivity contribution in [3.05, 3.63) is 33.9 Å². The summed E-state index contributed by atoms with van der Waals surface area (Å²) in [6.07, 6.45) is -1.35. The average Bonchev–Trinajstić information content (AvgIpc) is 2.38. The van der Waals surface area contributed by atoms with E-state index in [4.69, 9.17) is 5.11 Å². The molecule has 0 aromatic heterocycles. The standard InChI is InChI=1S/C11H14N2O7S/c1-7-8(13(16)17)4-3-5-10(7)21(18,19)12-6-9(20-2)11(14)15/h3-5,9,12H,6H2,1-2H3,(H,14,15). The molecule has 0 saturated carbocycles. The summed E-state index contributed by atoms with van der Waals surface area (Å²) in [5.74, 6) is -1.32. The van der Waals surface area contributed by atoms with Gasteiger partial charge in [-0.1, -0.05) is 6.07 Å². The number of nitro groups is 1. The molecule has 1 aromatic carbocycles. The van der Waals surface area contributed by atoms with Crippen molar-refractivity contribution in [2.75, 3.05) is 13.7 Å². The van der Waals surface area contributed by atoms with Gasteiger partial charge in [-0.05, 0) is 13.0 Å². The number of nitro benzene ring substituents is 1. The van der Waals surface area contributed by atoms with E-state index in [1.165, 1.54) is 25.1 Å². The number of nitrogens with one attached hydrogen (secondary N) is 1. The molecular weight excluding hydrogens is 304 g/mol. The number of methoxy groups -OCH3 is 1. The molecule has 0 radical (unpaired) electrons. The van der Waals surface area contributed by atoms with Gasteiger partial charge in [-0.3, -0.25) is 10.1 Å². The smallest absolute Gasteiger partial charge is 0.334 e. The first-order chi connectivity index (χ1) is 9.70. The molecule has 0 saturated heterocycles. The van der Waals surface area contributed by atoms with Crippen LogP contribution in [0.4, 0.5) is 5.69 Å². The molecule has 0 fully saturated rings. The van der Waals surface area contributed by atoms with E-state index >= 15 is 0 Å². The lowest BCUT2D eigenvalue weighted by atomic mass is 10.2. The van der Waals surface area contributed by atoms with Gasteiger partial charge in [-0.15, -0.1) is 0 Å². The highest BCUT2D eigenvalue weighted by molar-refractivity contribution is 7.89. The Morgan fingerprint density at radius 1 is 1.52 bits per heavy atom. The third-order valence-corrected chi connectivity index (χ3v) is 4.33. The molecule has 0 bridgehead atoms. The number of carbonyl (C=O) groups is 1. The predicted molar refractivity (Wildman–Crippen MR) is 71.5 cm³/mol. The van der Waals surface area contributed by atoms with Gasteiger partial charge >= 0.3 is 5.97 Å². The van der Waals surface area contributed by atoms with Crippen molar-refractivity contribution in [3.63, 3.8) is 0 Å². The Balaban J connectivity index is 3.07. The van der Waals surface area contributed by atoms with Crippen molar-refractivity contribution < 1.29 is 28.0 Å². The zero-order valence-corrected chi connectivity index (χ0v) is 12.1. The van der Waals surface area contributed by atoms with Crippen molar-refractivity contribution in [2.45, 2.75) is 17.9 Å². The van der Waals surface area contributed by atoms with E-state index in [0.717, 1.165) is 7.11 Å². The van der Waals surface area contributed by atoms with Crippen molar-refractivity contribution >= 4 is 21.7 Å². The summed E-state index contributed by atoms with van der Waals surface area (Å²) in [6, 6.07) is 3.63. The lowest BCUT2D eigenvalue weighted by molar-refractivity contribution is -0.385. The topological polar surface area (TPSA) is 136 Å². The van der Waals surface area contributed by atoms with Gasteiger partial charge in [-0.2, -0.15) is 0 Å². The molecule has 10 heteroatoms. The number of hydrogen-bond donors (Lipinski definition) is 2. The zero-order valence-electron chi connectivity index (χ0n) is 11.3. The molecule has 9 nitrogen and oxygen atoms in total. The Labute approximate surface area is 120 Å². The molecule has 0 aliphatic heterocycles. The zero-order chi connectivity index (χ0) is 16.2. The second kappa shape index (κ2) is 6.61. The normalized spacial score (nSPS) is 12.9. The van der Waals surface area contributed by atoms with Gasteiger partial charge in [0.25, 0.3) is 5.69 Å². The van der Waals surface area contributed by atoms with Crippen LogP contribution in [0.1, 0.15) is 5.56 Å². The Kier molecular flexibility index (Phi) is 5.35. The van der Waals surface area contributed by atoms with Crippen LogP contribution in [-0.2, 0) is 19.6 Å². The summed E-state index contributed by atoms with van der Waals surface area (Å²) in [5, 5.41) is 19.6. The van der Waals surface area contributed by atoms with Gasteiger partial charge in [0, 0.05) is 25.3 Å². The number of benzene rings is 1. The highest BCUT2D eigenvalue weighted by atomic mass is 32.2. The number of aliphatic carboxylic acids is 1. The van der Waals surface area contributed by atoms with Crippen LogP contribution in [0, 0.1) is 17.0 Å². The van der Waals surface area contributed by atoms with Gasteiger partial charge in [0.2, 0.25) is 10.0 Å². The first kappa shape index (κ1) is 17.0. The molecule has 0 spiro atoms. The highest BCUT2D eigenvalue weighted by Crippen LogP contribution is 2.24. The number of carboxylic acids is 1. The van der Waals surface area contributed by atoms with Crippen LogP contribution in [-0.4, -0.2) is 44.2 Å². The minimum atomic E-state index is -4.08. The van der Waals surface area contributed by atoms with E-state index in [1.807, 2.05) is 0 Å². The fourth-order valence-electron chi connectivity index (χ4n) is 1.63. The minimum Gasteiger partial charge on any atom is -0.479 e. The summed E-state index contributed by atoms with van der Waals surface area (Å²) in [6.45, 7) is 0.813. The molecule has 116 valence electrons. The summed E-state index contributed by atoms with van der Waals surface area (Å²) < 4.78 is 30.8. The van der Waals surface area contributed by atoms with E-state index in [-0.39, 0.29) is 16.1 Å². The van der Waals surface area contributed by atoms with Crippen LogP contribution in [0.2, 0.25) is 0 Å². The van der Waals surface area contributed by atoms with E-state index in [2.05, 4.69) is 9.46 Å². The van der Waals surface area contributed by atoms with E-state index in [0.29, 0.717) is 0 Å². The Morgan fingerprint density at radius 3 is 2.62 bits per heavy atom. The molecule has 2 N–H and O–H groups in total. The van der Waals surface area contributed by atoms with Gasteiger partial charge in [0.1, 0.15) is 0 Å². The maximum Gasteiger partial charge on any atom is 0.334 e. The predicted octanol–water partition coefficient (Wildman–Crippen LogP) is 0.281. The number of ether oxygens (including phenoxy) is 1. The van der Waals surface area contributed by atoms with E-state index in [1.54, 1.807) is 0 Å². The van der Waals surface area contributed by atoms with Crippen LogP contribution < -0.4 is 4.72 Å².